The molecule has 0 fully saturated rings. The molecule has 0 unspecified atom stereocenters. The second-order valence-corrected chi connectivity index (χ2v) is 3.61. The lowest BCUT2D eigenvalue weighted by Gasteiger charge is -2.09. The zero-order valence-electron chi connectivity index (χ0n) is 9.82. The molecule has 0 saturated carbocycles. The van der Waals surface area contributed by atoms with Crippen molar-refractivity contribution in [3.05, 3.63) is 29.3 Å². The predicted molar refractivity (Wildman–Crippen MR) is 69.6 cm³/mol. The Morgan fingerprint density at radius 3 is 2.60 bits per heavy atom. The van der Waals surface area contributed by atoms with Crippen LogP contribution in [0.25, 0.3) is 0 Å². The van der Waals surface area contributed by atoms with Gasteiger partial charge in [0.05, 0.1) is 12.0 Å². The predicted octanol–water partition coefficient (Wildman–Crippen LogP) is 3.34. The molecule has 1 aromatic carbocycles. The summed E-state index contributed by atoms with van der Waals surface area (Å²) in [6.45, 7) is 7.25. The van der Waals surface area contributed by atoms with E-state index in [1.165, 1.54) is 11.1 Å². The number of halogens is 1. The van der Waals surface area contributed by atoms with Gasteiger partial charge in [0, 0.05) is 13.6 Å². The fourth-order valence-corrected chi connectivity index (χ4v) is 1.10. The molecule has 84 valence electrons. The lowest BCUT2D eigenvalue weighted by Crippen LogP contribution is -2.14. The summed E-state index contributed by atoms with van der Waals surface area (Å²) < 4.78 is 0. The molecular formula is C12H19ClN2. The highest BCUT2D eigenvalue weighted by atomic mass is 35.5. The third-order valence-corrected chi connectivity index (χ3v) is 2.26. The Kier molecular flexibility index (Phi) is 6.02. The normalized spacial score (nSPS) is 10.1. The molecule has 0 atom stereocenters. The van der Waals surface area contributed by atoms with Crippen LogP contribution in [0.1, 0.15) is 18.1 Å². The van der Waals surface area contributed by atoms with Crippen LogP contribution in [0.4, 0.5) is 5.69 Å². The third-order valence-electron chi connectivity index (χ3n) is 2.26. The first-order chi connectivity index (χ1) is 6.63. The highest BCUT2D eigenvalue weighted by molar-refractivity contribution is 5.85. The van der Waals surface area contributed by atoms with E-state index in [1.54, 1.807) is 0 Å². The van der Waals surface area contributed by atoms with Crippen molar-refractivity contribution in [3.8, 4) is 0 Å². The molecule has 0 aliphatic heterocycles. The summed E-state index contributed by atoms with van der Waals surface area (Å²) >= 11 is 0. The van der Waals surface area contributed by atoms with E-state index in [0.29, 0.717) is 0 Å². The molecule has 0 aliphatic rings. The van der Waals surface area contributed by atoms with Crippen molar-refractivity contribution in [2.24, 2.45) is 4.99 Å². The van der Waals surface area contributed by atoms with Gasteiger partial charge in [-0.05, 0) is 38.0 Å². The Balaban J connectivity index is 0.00000196. The Labute approximate surface area is 98.4 Å². The summed E-state index contributed by atoms with van der Waals surface area (Å²) in [4.78, 5) is 6.50. The van der Waals surface area contributed by atoms with Crippen molar-refractivity contribution in [2.75, 3.05) is 13.6 Å². The number of hydrogen-bond acceptors (Lipinski definition) is 1. The van der Waals surface area contributed by atoms with Crippen LogP contribution in [-0.2, 0) is 0 Å². The minimum absolute atomic E-state index is 0. The van der Waals surface area contributed by atoms with E-state index in [4.69, 9.17) is 0 Å². The number of nitrogens with zero attached hydrogens (tertiary/aromatic N) is 2. The van der Waals surface area contributed by atoms with Crippen LogP contribution < -0.4 is 0 Å². The summed E-state index contributed by atoms with van der Waals surface area (Å²) in [5, 5.41) is 0. The average molecular weight is 227 g/mol. The number of rotatable bonds is 3. The van der Waals surface area contributed by atoms with Gasteiger partial charge in [-0.3, -0.25) is 0 Å². The lowest BCUT2D eigenvalue weighted by molar-refractivity contribution is 0.552. The fraction of sp³-hybridized carbons (Fsp3) is 0.417. The van der Waals surface area contributed by atoms with Gasteiger partial charge in [-0.1, -0.05) is 12.1 Å². The first-order valence-electron chi connectivity index (χ1n) is 4.95. The Morgan fingerprint density at radius 2 is 2.00 bits per heavy atom. The number of aliphatic imine (C=N–C) groups is 1. The quantitative estimate of drug-likeness (QED) is 0.570. The summed E-state index contributed by atoms with van der Waals surface area (Å²) in [7, 11) is 2.02. The van der Waals surface area contributed by atoms with Crippen LogP contribution in [0.3, 0.4) is 0 Å². The molecule has 15 heavy (non-hydrogen) atoms. The van der Waals surface area contributed by atoms with Gasteiger partial charge in [-0.25, -0.2) is 4.99 Å². The monoisotopic (exact) mass is 226 g/mol. The SMILES string of the molecule is CCN(C)/C=N/c1cc(C)ccc1C.Cl. The summed E-state index contributed by atoms with van der Waals surface area (Å²) in [6, 6.07) is 6.32. The van der Waals surface area contributed by atoms with Gasteiger partial charge in [-0.2, -0.15) is 0 Å². The molecule has 1 aromatic rings. The molecule has 0 bridgehead atoms. The van der Waals surface area contributed by atoms with Crippen molar-refractivity contribution in [2.45, 2.75) is 20.8 Å². The minimum Gasteiger partial charge on any atom is -0.366 e. The molecule has 0 aliphatic carbocycles. The molecule has 0 aromatic heterocycles. The summed E-state index contributed by atoms with van der Waals surface area (Å²) in [6.07, 6.45) is 1.88. The average Bonchev–Trinajstić information content (AvgIpc) is 2.19. The minimum atomic E-state index is 0. The van der Waals surface area contributed by atoms with Crippen molar-refractivity contribution >= 4 is 24.4 Å². The molecular weight excluding hydrogens is 208 g/mol. The molecule has 0 radical (unpaired) electrons. The maximum Gasteiger partial charge on any atom is 0.0909 e. The van der Waals surface area contributed by atoms with Gasteiger partial charge in [0.25, 0.3) is 0 Å². The Hall–Kier alpha value is -1.02. The zero-order chi connectivity index (χ0) is 10.6. The van der Waals surface area contributed by atoms with Crippen LogP contribution in [-0.4, -0.2) is 24.8 Å². The van der Waals surface area contributed by atoms with Crippen molar-refractivity contribution in [1.82, 2.24) is 4.90 Å². The van der Waals surface area contributed by atoms with E-state index in [0.717, 1.165) is 12.2 Å². The van der Waals surface area contributed by atoms with Gasteiger partial charge in [0.2, 0.25) is 0 Å². The van der Waals surface area contributed by atoms with Crippen LogP contribution in [0.15, 0.2) is 23.2 Å². The molecule has 0 N–H and O–H groups in total. The maximum atomic E-state index is 4.44. The third kappa shape index (κ3) is 4.34. The number of aryl methyl sites for hydroxylation is 2. The Morgan fingerprint density at radius 1 is 1.33 bits per heavy atom. The van der Waals surface area contributed by atoms with Crippen LogP contribution in [0.5, 0.6) is 0 Å². The molecule has 3 heteroatoms. The maximum absolute atomic E-state index is 4.44. The van der Waals surface area contributed by atoms with Gasteiger partial charge in [0.15, 0.2) is 0 Å². The molecule has 0 saturated heterocycles. The second-order valence-electron chi connectivity index (χ2n) is 3.61. The van der Waals surface area contributed by atoms with E-state index in [9.17, 15) is 0 Å². The largest absolute Gasteiger partial charge is 0.366 e. The van der Waals surface area contributed by atoms with E-state index >= 15 is 0 Å². The van der Waals surface area contributed by atoms with Crippen LogP contribution in [0, 0.1) is 13.8 Å². The topological polar surface area (TPSA) is 15.6 Å². The van der Waals surface area contributed by atoms with Gasteiger partial charge < -0.3 is 4.90 Å². The van der Waals surface area contributed by atoms with Gasteiger partial charge >= 0.3 is 0 Å². The van der Waals surface area contributed by atoms with Gasteiger partial charge in [0.1, 0.15) is 0 Å². The molecule has 0 amide bonds. The summed E-state index contributed by atoms with van der Waals surface area (Å²) in [5.41, 5.74) is 3.53. The highest BCUT2D eigenvalue weighted by Gasteiger charge is 1.95. The van der Waals surface area contributed by atoms with Gasteiger partial charge in [-0.15, -0.1) is 12.4 Å². The van der Waals surface area contributed by atoms with Crippen molar-refractivity contribution < 1.29 is 0 Å². The number of hydrogen-bond donors (Lipinski definition) is 0. The van der Waals surface area contributed by atoms with Crippen molar-refractivity contribution in [1.29, 1.82) is 0 Å². The first kappa shape index (κ1) is 14.0. The van der Waals surface area contributed by atoms with E-state index in [1.807, 2.05) is 13.4 Å². The first-order valence-corrected chi connectivity index (χ1v) is 4.95. The smallest absolute Gasteiger partial charge is 0.0909 e. The molecule has 2 nitrogen and oxygen atoms in total. The zero-order valence-corrected chi connectivity index (χ0v) is 10.6. The van der Waals surface area contributed by atoms with Crippen LogP contribution in [0.2, 0.25) is 0 Å². The fourth-order valence-electron chi connectivity index (χ4n) is 1.10. The number of benzene rings is 1. The van der Waals surface area contributed by atoms with E-state index in [2.05, 4.69) is 48.9 Å². The molecule has 0 heterocycles. The molecule has 1 rings (SSSR count). The Bertz CT molecular complexity index is 334. The van der Waals surface area contributed by atoms with Crippen LogP contribution >= 0.6 is 12.4 Å². The van der Waals surface area contributed by atoms with E-state index < -0.39 is 0 Å². The summed E-state index contributed by atoms with van der Waals surface area (Å²) in [5.74, 6) is 0. The molecule has 0 spiro atoms. The second kappa shape index (κ2) is 6.46. The van der Waals surface area contributed by atoms with Crippen molar-refractivity contribution in [3.63, 3.8) is 0 Å². The standard InChI is InChI=1S/C12H18N2.ClH/c1-5-14(4)9-13-12-8-10(2)6-7-11(12)3;/h6-9H,5H2,1-4H3;1H/b13-9+;. The highest BCUT2D eigenvalue weighted by Crippen LogP contribution is 2.19. The van der Waals surface area contributed by atoms with E-state index in [-0.39, 0.29) is 12.4 Å². The lowest BCUT2D eigenvalue weighted by atomic mass is 10.1.